The van der Waals surface area contributed by atoms with Crippen LogP contribution in [0.5, 0.6) is 0 Å². The summed E-state index contributed by atoms with van der Waals surface area (Å²) in [4.78, 5) is 12.5. The molecule has 2 rings (SSSR count). The second-order valence-corrected chi connectivity index (χ2v) is 15.0. The molecule has 0 radical (unpaired) electrons. The summed E-state index contributed by atoms with van der Waals surface area (Å²) in [5.74, 6) is 0. The quantitative estimate of drug-likeness (QED) is 0.498. The van der Waals surface area contributed by atoms with E-state index >= 15 is 0 Å². The predicted octanol–water partition coefficient (Wildman–Crippen LogP) is 3.85. The van der Waals surface area contributed by atoms with Crippen LogP contribution in [0.1, 0.15) is 48.5 Å². The van der Waals surface area contributed by atoms with Crippen LogP contribution < -0.4 is 15.7 Å². The Bertz CT molecular complexity index is 836. The number of hydrogen-bond donors (Lipinski definition) is 2. The van der Waals surface area contributed by atoms with Crippen LogP contribution in [0, 0.1) is 0 Å². The van der Waals surface area contributed by atoms with Crippen LogP contribution in [0.3, 0.4) is 0 Å². The Morgan fingerprint density at radius 3 is 1.79 bits per heavy atom. The zero-order valence-electron chi connectivity index (χ0n) is 21.6. The highest BCUT2D eigenvalue weighted by molar-refractivity contribution is 6.99. The molecule has 0 spiro atoms. The molecule has 2 N–H and O–H groups in total. The van der Waals surface area contributed by atoms with Gasteiger partial charge in [-0.25, -0.2) is 4.79 Å². The molecule has 0 aliphatic rings. The largest absolute Gasteiger partial charge is 0.444 e. The van der Waals surface area contributed by atoms with E-state index in [-0.39, 0.29) is 24.9 Å². The Morgan fingerprint density at radius 1 is 0.882 bits per heavy atom. The van der Waals surface area contributed by atoms with Crippen molar-refractivity contribution < 1.29 is 23.8 Å². The van der Waals surface area contributed by atoms with Gasteiger partial charge < -0.3 is 24.3 Å². The summed E-state index contributed by atoms with van der Waals surface area (Å²) < 4.78 is 18.1. The Labute approximate surface area is 205 Å². The Kier molecular flexibility index (Phi) is 9.88. The summed E-state index contributed by atoms with van der Waals surface area (Å²) in [6.45, 7) is 14.4. The first-order valence-corrected chi connectivity index (χ1v) is 13.8. The van der Waals surface area contributed by atoms with Gasteiger partial charge in [0, 0.05) is 0 Å². The number of alkyl carbamates (subject to hydrolysis) is 1. The molecule has 0 unspecified atom stereocenters. The van der Waals surface area contributed by atoms with Crippen LogP contribution in [0.4, 0.5) is 4.79 Å². The third-order valence-electron chi connectivity index (χ3n) is 5.32. The molecular weight excluding hydrogens is 446 g/mol. The molecule has 7 heteroatoms. The highest BCUT2D eigenvalue weighted by atomic mass is 28.4. The smallest absolute Gasteiger partial charge is 0.408 e. The predicted molar refractivity (Wildman–Crippen MR) is 139 cm³/mol. The molecule has 0 aromatic heterocycles. The first-order chi connectivity index (χ1) is 15.8. The summed E-state index contributed by atoms with van der Waals surface area (Å²) in [7, 11) is -2.77. The zero-order chi connectivity index (χ0) is 25.4. The van der Waals surface area contributed by atoms with E-state index in [2.05, 4.69) is 50.4 Å². The van der Waals surface area contributed by atoms with E-state index in [1.807, 2.05) is 57.2 Å². The number of hydrogen-bond acceptors (Lipinski definition) is 5. The van der Waals surface area contributed by atoms with Crippen molar-refractivity contribution in [3.8, 4) is 0 Å². The molecule has 0 heterocycles. The minimum Gasteiger partial charge on any atom is -0.444 e. The molecule has 1 amide bonds. The fourth-order valence-corrected chi connectivity index (χ4v) is 8.58. The lowest BCUT2D eigenvalue weighted by Crippen LogP contribution is -2.67. The SMILES string of the molecule is C[C@H](O)COC[C@H](CO[Si](c1ccccc1)(c1ccccc1)C(C)(C)C)NC(=O)OC(C)(C)C. The van der Waals surface area contributed by atoms with Crippen LogP contribution in [0.25, 0.3) is 0 Å². The van der Waals surface area contributed by atoms with Crippen LogP contribution in [-0.4, -0.2) is 57.1 Å². The highest BCUT2D eigenvalue weighted by Crippen LogP contribution is 2.36. The number of aliphatic hydroxyl groups excluding tert-OH is 1. The van der Waals surface area contributed by atoms with E-state index in [0.29, 0.717) is 0 Å². The van der Waals surface area contributed by atoms with E-state index in [1.54, 1.807) is 6.92 Å². The van der Waals surface area contributed by atoms with Crippen molar-refractivity contribution in [3.63, 3.8) is 0 Å². The second-order valence-electron chi connectivity index (χ2n) is 10.7. The average Bonchev–Trinajstić information content (AvgIpc) is 2.73. The Balaban J connectivity index is 2.39. The average molecular weight is 488 g/mol. The summed E-state index contributed by atoms with van der Waals surface area (Å²) >= 11 is 0. The summed E-state index contributed by atoms with van der Waals surface area (Å²) in [6.07, 6.45) is -1.12. The van der Waals surface area contributed by atoms with Crippen LogP contribution in [0.2, 0.25) is 5.04 Å². The molecule has 0 bridgehead atoms. The number of carbonyl (C=O) groups excluding carboxylic acids is 1. The molecule has 188 valence electrons. The van der Waals surface area contributed by atoms with E-state index in [4.69, 9.17) is 13.9 Å². The number of rotatable bonds is 10. The van der Waals surface area contributed by atoms with Crippen molar-refractivity contribution in [2.75, 3.05) is 19.8 Å². The lowest BCUT2D eigenvalue weighted by Gasteiger charge is -2.43. The first-order valence-electron chi connectivity index (χ1n) is 11.9. The standard InChI is InChI=1S/C27H41NO5Si/c1-21(29)18-31-19-22(28-25(30)33-26(2,3)4)20-32-34(27(5,6)7,23-14-10-8-11-15-23)24-16-12-9-13-17-24/h8-17,21-22,29H,18-20H2,1-7H3,(H,28,30)/t21-,22+/m0/s1. The fraction of sp³-hybridized carbons (Fsp3) is 0.519. The van der Waals surface area contributed by atoms with Crippen molar-refractivity contribution in [3.05, 3.63) is 60.7 Å². The molecule has 0 aliphatic carbocycles. The lowest BCUT2D eigenvalue weighted by atomic mass is 10.2. The summed E-state index contributed by atoms with van der Waals surface area (Å²) in [6, 6.07) is 20.2. The lowest BCUT2D eigenvalue weighted by molar-refractivity contribution is 0.0197. The second kappa shape index (κ2) is 12.0. The van der Waals surface area contributed by atoms with Gasteiger partial charge in [-0.1, -0.05) is 81.4 Å². The van der Waals surface area contributed by atoms with Crippen molar-refractivity contribution in [2.24, 2.45) is 0 Å². The monoisotopic (exact) mass is 487 g/mol. The maximum Gasteiger partial charge on any atom is 0.408 e. The molecule has 34 heavy (non-hydrogen) atoms. The summed E-state index contributed by atoms with van der Waals surface area (Å²) in [5, 5.41) is 14.6. The number of amides is 1. The normalized spacial score (nSPS) is 14.4. The highest BCUT2D eigenvalue weighted by Gasteiger charge is 2.50. The molecule has 0 saturated heterocycles. The van der Waals surface area contributed by atoms with E-state index in [1.165, 1.54) is 0 Å². The molecule has 0 saturated carbocycles. The molecule has 2 aromatic carbocycles. The minimum absolute atomic E-state index is 0.172. The number of carbonyl (C=O) groups is 1. The zero-order valence-corrected chi connectivity index (χ0v) is 22.6. The van der Waals surface area contributed by atoms with Gasteiger partial charge in [0.25, 0.3) is 8.32 Å². The van der Waals surface area contributed by atoms with Gasteiger partial charge in [-0.3, -0.25) is 0 Å². The molecule has 6 nitrogen and oxygen atoms in total. The Hall–Kier alpha value is -2.19. The molecular formula is C27H41NO5Si. The minimum atomic E-state index is -2.77. The number of nitrogens with one attached hydrogen (secondary N) is 1. The van der Waals surface area contributed by atoms with Gasteiger partial charge in [-0.2, -0.15) is 0 Å². The third-order valence-corrected chi connectivity index (χ3v) is 10.3. The van der Waals surface area contributed by atoms with Crippen LogP contribution in [-0.2, 0) is 13.9 Å². The number of benzene rings is 2. The van der Waals surface area contributed by atoms with Crippen molar-refractivity contribution in [1.29, 1.82) is 0 Å². The van der Waals surface area contributed by atoms with Gasteiger partial charge in [0.05, 0.1) is 32.0 Å². The maximum absolute atomic E-state index is 12.5. The number of ether oxygens (including phenoxy) is 2. The summed E-state index contributed by atoms with van der Waals surface area (Å²) in [5.41, 5.74) is -0.617. The Morgan fingerprint density at radius 2 is 1.38 bits per heavy atom. The van der Waals surface area contributed by atoms with Crippen molar-refractivity contribution in [2.45, 2.75) is 71.3 Å². The molecule has 0 aliphatic heterocycles. The van der Waals surface area contributed by atoms with Crippen LogP contribution >= 0.6 is 0 Å². The van der Waals surface area contributed by atoms with Gasteiger partial charge in [0.1, 0.15) is 5.60 Å². The van der Waals surface area contributed by atoms with Crippen molar-refractivity contribution in [1.82, 2.24) is 5.32 Å². The van der Waals surface area contributed by atoms with Gasteiger partial charge in [-0.15, -0.1) is 0 Å². The third kappa shape index (κ3) is 7.94. The topological polar surface area (TPSA) is 77.0 Å². The van der Waals surface area contributed by atoms with Crippen LogP contribution in [0.15, 0.2) is 60.7 Å². The van der Waals surface area contributed by atoms with E-state index in [9.17, 15) is 9.90 Å². The van der Waals surface area contributed by atoms with Gasteiger partial charge in [0.15, 0.2) is 0 Å². The molecule has 0 fully saturated rings. The molecule has 2 atom stereocenters. The molecule has 2 aromatic rings. The first kappa shape index (κ1) is 28.0. The van der Waals surface area contributed by atoms with Crippen molar-refractivity contribution >= 4 is 24.8 Å². The maximum atomic E-state index is 12.5. The van der Waals surface area contributed by atoms with Gasteiger partial charge >= 0.3 is 6.09 Å². The fourth-order valence-electron chi connectivity index (χ4n) is 3.97. The van der Waals surface area contributed by atoms with E-state index < -0.39 is 32.2 Å². The van der Waals surface area contributed by atoms with Gasteiger partial charge in [-0.05, 0) is 43.1 Å². The number of aliphatic hydroxyl groups is 1. The van der Waals surface area contributed by atoms with Gasteiger partial charge in [0.2, 0.25) is 0 Å². The van der Waals surface area contributed by atoms with E-state index in [0.717, 1.165) is 10.4 Å².